The SMILES string of the molecule is Cl.O=C1C(C(F)(F)F)Oc2cnc(Nc3ccc(N4CCNCC4)cn3)nc2N1C1CCCC1. The molecule has 2 N–H and O–H groups in total. The van der Waals surface area contributed by atoms with Crippen molar-refractivity contribution in [2.75, 3.05) is 41.3 Å². The highest BCUT2D eigenvalue weighted by molar-refractivity contribution is 6.00. The average Bonchev–Trinajstić information content (AvgIpc) is 3.33. The standard InChI is InChI=1S/C21H24F3N7O2.ClH/c22-21(23,24)17-19(32)31(13-3-1-2-4-13)18-15(33-17)12-27-20(29-18)28-16-6-5-14(11-26-16)30-9-7-25-8-10-30;/h5-6,11-13,17,25H,1-4,7-10H2,(H,26,27,28,29);1H. The molecule has 2 fully saturated rings. The van der Waals surface area contributed by atoms with Gasteiger partial charge in [0.05, 0.1) is 18.1 Å². The summed E-state index contributed by atoms with van der Waals surface area (Å²) in [6.07, 6.45) is -1.51. The Bertz CT molecular complexity index is 1010. The summed E-state index contributed by atoms with van der Waals surface area (Å²) in [5, 5.41) is 6.27. The first-order valence-electron chi connectivity index (χ1n) is 11.0. The first kappa shape index (κ1) is 24.3. The van der Waals surface area contributed by atoms with Gasteiger partial charge in [-0.3, -0.25) is 9.69 Å². The Labute approximate surface area is 200 Å². The van der Waals surface area contributed by atoms with E-state index in [2.05, 4.69) is 30.5 Å². The highest BCUT2D eigenvalue weighted by Crippen LogP contribution is 2.41. The van der Waals surface area contributed by atoms with Gasteiger partial charge < -0.3 is 20.3 Å². The molecule has 13 heteroatoms. The molecular formula is C21H25ClF3N7O2. The molecule has 1 aliphatic carbocycles. The number of aromatic nitrogens is 3. The summed E-state index contributed by atoms with van der Waals surface area (Å²) in [6.45, 7) is 3.62. The van der Waals surface area contributed by atoms with Gasteiger partial charge in [-0.25, -0.2) is 9.97 Å². The van der Waals surface area contributed by atoms with Crippen LogP contribution in [0.2, 0.25) is 0 Å². The summed E-state index contributed by atoms with van der Waals surface area (Å²) in [5.74, 6) is -0.623. The lowest BCUT2D eigenvalue weighted by molar-refractivity contribution is -0.198. The van der Waals surface area contributed by atoms with Crippen LogP contribution in [0.1, 0.15) is 25.7 Å². The molecular weight excluding hydrogens is 475 g/mol. The van der Waals surface area contributed by atoms with Crippen LogP contribution in [0.25, 0.3) is 0 Å². The average molecular weight is 500 g/mol. The predicted octanol–water partition coefficient (Wildman–Crippen LogP) is 3.05. The van der Waals surface area contributed by atoms with E-state index in [1.807, 2.05) is 6.07 Å². The molecule has 2 aromatic heterocycles. The zero-order valence-electron chi connectivity index (χ0n) is 18.2. The molecule has 4 heterocycles. The van der Waals surface area contributed by atoms with Gasteiger partial charge in [0.2, 0.25) is 5.95 Å². The number of pyridine rings is 1. The third-order valence-corrected chi connectivity index (χ3v) is 6.13. The number of hydrogen-bond acceptors (Lipinski definition) is 8. The van der Waals surface area contributed by atoms with Crippen molar-refractivity contribution in [3.8, 4) is 5.75 Å². The van der Waals surface area contributed by atoms with Gasteiger partial charge in [-0.2, -0.15) is 18.2 Å². The van der Waals surface area contributed by atoms with Crippen molar-refractivity contribution in [3.05, 3.63) is 24.5 Å². The minimum atomic E-state index is -4.82. The monoisotopic (exact) mass is 499 g/mol. The van der Waals surface area contributed by atoms with E-state index in [1.165, 1.54) is 6.20 Å². The van der Waals surface area contributed by atoms with E-state index in [-0.39, 0.29) is 36.0 Å². The number of halogens is 4. The molecule has 5 rings (SSSR count). The number of nitrogens with one attached hydrogen (secondary N) is 2. The van der Waals surface area contributed by atoms with Crippen LogP contribution < -0.4 is 25.2 Å². The lowest BCUT2D eigenvalue weighted by Crippen LogP contribution is -2.56. The maximum Gasteiger partial charge on any atom is 0.434 e. The normalized spacial score (nSPS) is 21.0. The number of amides is 1. The number of carbonyl (C=O) groups excluding carboxylic acids is 1. The lowest BCUT2D eigenvalue weighted by Gasteiger charge is -2.37. The molecule has 0 aromatic carbocycles. The van der Waals surface area contributed by atoms with Gasteiger partial charge in [0.25, 0.3) is 12.0 Å². The van der Waals surface area contributed by atoms with Crippen molar-refractivity contribution in [1.82, 2.24) is 20.3 Å². The summed E-state index contributed by atoms with van der Waals surface area (Å²) in [5.41, 5.74) is 0.998. The van der Waals surface area contributed by atoms with E-state index >= 15 is 0 Å². The van der Waals surface area contributed by atoms with Crippen molar-refractivity contribution >= 4 is 41.6 Å². The summed E-state index contributed by atoms with van der Waals surface area (Å²) in [6, 6.07) is 3.38. The number of ether oxygens (including phenoxy) is 1. The second-order valence-corrected chi connectivity index (χ2v) is 8.33. The molecule has 2 aromatic rings. The van der Waals surface area contributed by atoms with E-state index in [1.54, 1.807) is 12.3 Å². The van der Waals surface area contributed by atoms with Crippen molar-refractivity contribution in [3.63, 3.8) is 0 Å². The summed E-state index contributed by atoms with van der Waals surface area (Å²) >= 11 is 0. The summed E-state index contributed by atoms with van der Waals surface area (Å²) in [4.78, 5) is 29.0. The van der Waals surface area contributed by atoms with Gasteiger partial charge >= 0.3 is 6.18 Å². The molecule has 1 saturated carbocycles. The molecule has 1 saturated heterocycles. The second-order valence-electron chi connectivity index (χ2n) is 8.33. The van der Waals surface area contributed by atoms with E-state index in [9.17, 15) is 18.0 Å². The number of hydrogen-bond donors (Lipinski definition) is 2. The van der Waals surface area contributed by atoms with Gasteiger partial charge in [0.15, 0.2) is 11.6 Å². The number of anilines is 4. The lowest BCUT2D eigenvalue weighted by atomic mass is 10.1. The Morgan fingerprint density at radius 1 is 1.09 bits per heavy atom. The maximum atomic E-state index is 13.4. The Morgan fingerprint density at radius 2 is 1.82 bits per heavy atom. The Morgan fingerprint density at radius 3 is 2.47 bits per heavy atom. The number of carbonyl (C=O) groups is 1. The molecule has 1 unspecified atom stereocenters. The molecule has 2 aliphatic heterocycles. The van der Waals surface area contributed by atoms with Gasteiger partial charge in [0.1, 0.15) is 5.82 Å². The van der Waals surface area contributed by atoms with E-state index in [0.29, 0.717) is 18.7 Å². The van der Waals surface area contributed by atoms with Crippen LogP contribution in [0.4, 0.5) is 36.4 Å². The van der Waals surface area contributed by atoms with E-state index in [4.69, 9.17) is 4.74 Å². The van der Waals surface area contributed by atoms with Crippen molar-refractivity contribution in [2.45, 2.75) is 44.0 Å². The van der Waals surface area contributed by atoms with Gasteiger partial charge in [0, 0.05) is 32.2 Å². The van der Waals surface area contributed by atoms with Gasteiger partial charge in [-0.05, 0) is 25.0 Å². The molecule has 184 valence electrons. The van der Waals surface area contributed by atoms with Crippen LogP contribution in [0.15, 0.2) is 24.5 Å². The maximum absolute atomic E-state index is 13.4. The first-order chi connectivity index (χ1) is 15.9. The third-order valence-electron chi connectivity index (χ3n) is 6.13. The number of rotatable bonds is 4. The minimum absolute atomic E-state index is 0. The highest BCUT2D eigenvalue weighted by Gasteiger charge is 2.54. The van der Waals surface area contributed by atoms with Crippen molar-refractivity contribution in [2.24, 2.45) is 0 Å². The van der Waals surface area contributed by atoms with Crippen LogP contribution in [0.5, 0.6) is 5.75 Å². The molecule has 0 spiro atoms. The van der Waals surface area contributed by atoms with Crippen LogP contribution in [-0.2, 0) is 4.79 Å². The van der Waals surface area contributed by atoms with Crippen LogP contribution >= 0.6 is 12.4 Å². The fourth-order valence-electron chi connectivity index (χ4n) is 4.49. The zero-order valence-corrected chi connectivity index (χ0v) is 19.0. The Kier molecular flexibility index (Phi) is 6.99. The molecule has 1 amide bonds. The first-order valence-corrected chi connectivity index (χ1v) is 11.0. The number of fused-ring (bicyclic) bond motifs is 1. The minimum Gasteiger partial charge on any atom is -0.465 e. The number of nitrogens with zero attached hydrogens (tertiary/aromatic N) is 5. The fraction of sp³-hybridized carbons (Fsp3) is 0.524. The zero-order chi connectivity index (χ0) is 23.0. The number of piperazine rings is 1. The molecule has 0 radical (unpaired) electrons. The largest absolute Gasteiger partial charge is 0.465 e. The van der Waals surface area contributed by atoms with Crippen molar-refractivity contribution < 1.29 is 22.7 Å². The summed E-state index contributed by atoms with van der Waals surface area (Å²) < 4.78 is 45.3. The number of alkyl halides is 3. The van der Waals surface area contributed by atoms with Crippen molar-refractivity contribution in [1.29, 1.82) is 0 Å². The predicted molar refractivity (Wildman–Crippen MR) is 122 cm³/mol. The van der Waals surface area contributed by atoms with E-state index < -0.39 is 18.2 Å². The van der Waals surface area contributed by atoms with Gasteiger partial charge in [-0.15, -0.1) is 12.4 Å². The Hall–Kier alpha value is -2.86. The van der Waals surface area contributed by atoms with E-state index in [0.717, 1.165) is 49.6 Å². The summed E-state index contributed by atoms with van der Waals surface area (Å²) in [7, 11) is 0. The quantitative estimate of drug-likeness (QED) is 0.663. The molecule has 1 atom stereocenters. The molecule has 9 nitrogen and oxygen atoms in total. The Balaban J connectivity index is 0.00000274. The topological polar surface area (TPSA) is 95.5 Å². The molecule has 0 bridgehead atoms. The fourth-order valence-corrected chi connectivity index (χ4v) is 4.49. The second kappa shape index (κ2) is 9.79. The van der Waals surface area contributed by atoms with Crippen LogP contribution in [0, 0.1) is 0 Å². The molecule has 34 heavy (non-hydrogen) atoms. The molecule has 3 aliphatic rings. The highest BCUT2D eigenvalue weighted by atomic mass is 35.5. The van der Waals surface area contributed by atoms with Crippen LogP contribution in [0.3, 0.4) is 0 Å². The van der Waals surface area contributed by atoms with Crippen LogP contribution in [-0.4, -0.2) is 65.4 Å². The smallest absolute Gasteiger partial charge is 0.434 e. The van der Waals surface area contributed by atoms with Gasteiger partial charge in [-0.1, -0.05) is 12.8 Å². The third kappa shape index (κ3) is 4.83.